The fourth-order valence-corrected chi connectivity index (χ4v) is 8.08. The lowest BCUT2D eigenvalue weighted by molar-refractivity contribution is -0.870. The van der Waals surface area contributed by atoms with E-state index >= 15 is 0 Å². The van der Waals surface area contributed by atoms with E-state index in [9.17, 15) is 14.3 Å². The zero-order valence-electron chi connectivity index (χ0n) is 43.2. The second-order valence-electron chi connectivity index (χ2n) is 19.2. The van der Waals surface area contributed by atoms with E-state index in [1.807, 2.05) is 21.1 Å². The molecule has 0 fully saturated rings. The maximum Gasteiger partial charge on any atom is 0.306 e. The summed E-state index contributed by atoms with van der Waals surface area (Å²) in [4.78, 5) is 25.2. The second-order valence-corrected chi connectivity index (χ2v) is 20.6. The van der Waals surface area contributed by atoms with E-state index in [1.54, 1.807) is 0 Å². The number of phosphoric acid groups is 1. The van der Waals surface area contributed by atoms with Crippen LogP contribution < -0.4 is 4.89 Å². The van der Waals surface area contributed by atoms with Crippen molar-refractivity contribution in [2.75, 3.05) is 54.1 Å². The molecule has 0 saturated carbocycles. The van der Waals surface area contributed by atoms with Gasteiger partial charge in [0.1, 0.15) is 19.3 Å². The number of phosphoric ester groups is 1. The maximum atomic E-state index is 12.8. The lowest BCUT2D eigenvalue weighted by Gasteiger charge is -2.28. The summed E-state index contributed by atoms with van der Waals surface area (Å²) >= 11 is 0. The zero-order valence-corrected chi connectivity index (χ0v) is 44.1. The summed E-state index contributed by atoms with van der Waals surface area (Å²) in [6.07, 6.45) is 62.4. The standard InChI is InChI=1S/C56H104NO7P/c1-6-8-10-12-14-16-18-20-22-24-26-27-28-29-30-32-34-36-38-40-42-44-46-48-51-61-53-55(54-63-65(59,60)62-52-50-57(3,4)5)64-56(58)49-47-45-43-41-39-37-35-33-31-25-23-21-19-17-15-13-11-9-7-2/h15,17-18,20-21,23-24,26,28-29,55H,6-14,16,19,22,25,27,30-54H2,1-5H3/b17-15-,20-18-,23-21-,26-24-,29-28-. The maximum absolute atomic E-state index is 12.8. The average molecular weight is 934 g/mol. The Bertz CT molecular complexity index is 1220. The summed E-state index contributed by atoms with van der Waals surface area (Å²) in [6, 6.07) is 0. The highest BCUT2D eigenvalue weighted by atomic mass is 31.2. The Kier molecular flexibility index (Phi) is 47.3. The molecule has 0 amide bonds. The van der Waals surface area contributed by atoms with Gasteiger partial charge in [0.2, 0.25) is 0 Å². The summed E-state index contributed by atoms with van der Waals surface area (Å²) in [5, 5.41) is 0. The van der Waals surface area contributed by atoms with E-state index in [4.69, 9.17) is 18.5 Å². The Morgan fingerprint density at radius 3 is 1.29 bits per heavy atom. The Labute approximate surface area is 402 Å². The molecule has 0 saturated heterocycles. The first-order chi connectivity index (χ1) is 31.6. The first kappa shape index (κ1) is 63.2. The van der Waals surface area contributed by atoms with Gasteiger partial charge in [-0.25, -0.2) is 0 Å². The van der Waals surface area contributed by atoms with Crippen LogP contribution in [0.25, 0.3) is 0 Å². The number of carbonyl (C=O) groups excluding carboxylic acids is 1. The quantitative estimate of drug-likeness (QED) is 0.0197. The molecule has 2 unspecified atom stereocenters. The average Bonchev–Trinajstić information content (AvgIpc) is 3.27. The molecular weight excluding hydrogens is 830 g/mol. The van der Waals surface area contributed by atoms with E-state index in [1.165, 1.54) is 161 Å². The SMILES string of the molecule is CCCCC/C=C\C/C=C\CCCCCCCCCCCC(=O)OC(COCCCCCCCCCCC/C=C\C/C=C\C/C=C\CCCCCCC)COP(=O)([O-])OCC[N+](C)(C)C. The molecule has 2 atom stereocenters. The molecule has 380 valence electrons. The van der Waals surface area contributed by atoms with Crippen molar-refractivity contribution in [3.63, 3.8) is 0 Å². The predicted molar refractivity (Wildman–Crippen MR) is 277 cm³/mol. The molecule has 0 spiro atoms. The van der Waals surface area contributed by atoms with Crippen molar-refractivity contribution in [1.82, 2.24) is 0 Å². The Balaban J connectivity index is 4.14. The molecule has 9 heteroatoms. The number of nitrogens with zero attached hydrogens (tertiary/aromatic N) is 1. The lowest BCUT2D eigenvalue weighted by Crippen LogP contribution is -2.37. The van der Waals surface area contributed by atoms with Crippen molar-refractivity contribution in [3.05, 3.63) is 60.8 Å². The number of ether oxygens (including phenoxy) is 2. The molecule has 8 nitrogen and oxygen atoms in total. The van der Waals surface area contributed by atoms with Crippen molar-refractivity contribution in [1.29, 1.82) is 0 Å². The monoisotopic (exact) mass is 934 g/mol. The molecule has 0 aliphatic rings. The number of likely N-dealkylation sites (N-methyl/N-ethyl adjacent to an activating group) is 1. The summed E-state index contributed by atoms with van der Waals surface area (Å²) in [5.74, 6) is -0.340. The third-order valence-corrected chi connectivity index (χ3v) is 12.5. The Hall–Kier alpha value is -1.80. The highest BCUT2D eigenvalue weighted by Crippen LogP contribution is 2.38. The largest absolute Gasteiger partial charge is 0.756 e. The van der Waals surface area contributed by atoms with Gasteiger partial charge < -0.3 is 27.9 Å². The minimum atomic E-state index is -4.54. The van der Waals surface area contributed by atoms with Gasteiger partial charge in [-0.1, -0.05) is 203 Å². The van der Waals surface area contributed by atoms with E-state index in [2.05, 4.69) is 74.6 Å². The molecule has 0 aromatic heterocycles. The fraction of sp³-hybridized carbons (Fsp3) is 0.804. The number of unbranched alkanes of at least 4 members (excludes halogenated alkanes) is 26. The van der Waals surface area contributed by atoms with Gasteiger partial charge in [-0.3, -0.25) is 9.36 Å². The van der Waals surface area contributed by atoms with E-state index < -0.39 is 13.9 Å². The van der Waals surface area contributed by atoms with Crippen LogP contribution in [0.2, 0.25) is 0 Å². The Morgan fingerprint density at radius 1 is 0.477 bits per heavy atom. The molecule has 0 N–H and O–H groups in total. The molecule has 0 heterocycles. The van der Waals surface area contributed by atoms with Gasteiger partial charge in [0.25, 0.3) is 7.82 Å². The van der Waals surface area contributed by atoms with Crippen molar-refractivity contribution in [2.45, 2.75) is 238 Å². The minimum Gasteiger partial charge on any atom is -0.756 e. The Morgan fingerprint density at radius 2 is 0.846 bits per heavy atom. The molecule has 0 aromatic rings. The van der Waals surface area contributed by atoms with Crippen LogP contribution in [0, 0.1) is 0 Å². The van der Waals surface area contributed by atoms with E-state index in [0.29, 0.717) is 24.1 Å². The number of rotatable bonds is 50. The van der Waals surface area contributed by atoms with Crippen LogP contribution in [0.15, 0.2) is 60.8 Å². The normalized spacial score (nSPS) is 14.0. The first-order valence-electron chi connectivity index (χ1n) is 27.0. The number of hydrogen-bond donors (Lipinski definition) is 0. The van der Waals surface area contributed by atoms with Crippen molar-refractivity contribution in [2.24, 2.45) is 0 Å². The van der Waals surface area contributed by atoms with Gasteiger partial charge in [-0.15, -0.1) is 0 Å². The van der Waals surface area contributed by atoms with E-state index in [-0.39, 0.29) is 25.8 Å². The third-order valence-electron chi connectivity index (χ3n) is 11.5. The number of quaternary nitrogens is 1. The molecule has 0 aliphatic carbocycles. The minimum absolute atomic E-state index is 0.0221. The number of esters is 1. The van der Waals surface area contributed by atoms with Crippen LogP contribution in [0.3, 0.4) is 0 Å². The first-order valence-corrected chi connectivity index (χ1v) is 28.5. The molecular formula is C56H104NO7P. The lowest BCUT2D eigenvalue weighted by atomic mass is 10.1. The molecule has 0 aliphatic heterocycles. The van der Waals surface area contributed by atoms with Crippen molar-refractivity contribution >= 4 is 13.8 Å². The van der Waals surface area contributed by atoms with Crippen LogP contribution in [0.4, 0.5) is 0 Å². The summed E-state index contributed by atoms with van der Waals surface area (Å²) in [7, 11) is 1.35. The topological polar surface area (TPSA) is 94.1 Å². The van der Waals surface area contributed by atoms with Crippen LogP contribution in [-0.2, 0) is 27.9 Å². The highest BCUT2D eigenvalue weighted by Gasteiger charge is 2.20. The van der Waals surface area contributed by atoms with Crippen molar-refractivity contribution < 1.29 is 37.3 Å². The van der Waals surface area contributed by atoms with E-state index in [0.717, 1.165) is 51.4 Å². The van der Waals surface area contributed by atoms with Gasteiger partial charge in [-0.05, 0) is 83.5 Å². The number of hydrogen-bond acceptors (Lipinski definition) is 7. The molecule has 0 radical (unpaired) electrons. The van der Waals surface area contributed by atoms with Crippen LogP contribution in [-0.4, -0.2) is 70.7 Å². The van der Waals surface area contributed by atoms with Crippen molar-refractivity contribution in [3.8, 4) is 0 Å². The molecule has 0 aromatic carbocycles. The summed E-state index contributed by atoms with van der Waals surface area (Å²) in [6.45, 7) is 5.38. The van der Waals surface area contributed by atoms with Crippen LogP contribution in [0.1, 0.15) is 232 Å². The summed E-state index contributed by atoms with van der Waals surface area (Å²) < 4.78 is 34.8. The number of allylic oxidation sites excluding steroid dienone is 10. The zero-order chi connectivity index (χ0) is 47.6. The van der Waals surface area contributed by atoms with Gasteiger partial charge in [0.15, 0.2) is 0 Å². The van der Waals surface area contributed by atoms with Gasteiger partial charge in [-0.2, -0.15) is 0 Å². The molecule has 65 heavy (non-hydrogen) atoms. The third kappa shape index (κ3) is 53.0. The number of carbonyl (C=O) groups is 1. The van der Waals surface area contributed by atoms with Gasteiger partial charge >= 0.3 is 5.97 Å². The predicted octanol–water partition coefficient (Wildman–Crippen LogP) is 16.2. The highest BCUT2D eigenvalue weighted by molar-refractivity contribution is 7.45. The van der Waals surface area contributed by atoms with Gasteiger partial charge in [0, 0.05) is 13.0 Å². The smallest absolute Gasteiger partial charge is 0.306 e. The van der Waals surface area contributed by atoms with Crippen LogP contribution >= 0.6 is 7.82 Å². The fourth-order valence-electron chi connectivity index (χ4n) is 7.35. The van der Waals surface area contributed by atoms with Crippen LogP contribution in [0.5, 0.6) is 0 Å². The molecule has 0 rings (SSSR count). The molecule has 0 bridgehead atoms. The van der Waals surface area contributed by atoms with Gasteiger partial charge in [0.05, 0.1) is 34.4 Å². The second kappa shape index (κ2) is 48.6. The summed E-state index contributed by atoms with van der Waals surface area (Å²) in [5.41, 5.74) is 0.